The van der Waals surface area contributed by atoms with Crippen molar-refractivity contribution in [3.8, 4) is 17.2 Å². The molecule has 0 aromatic heterocycles. The maximum absolute atomic E-state index is 12.7. The minimum atomic E-state index is -0.101. The third kappa shape index (κ3) is 6.53. The van der Waals surface area contributed by atoms with E-state index in [1.807, 2.05) is 19.1 Å². The predicted octanol–water partition coefficient (Wildman–Crippen LogP) is 6.38. The first-order valence-corrected chi connectivity index (χ1v) is 10.0. The second-order valence-electron chi connectivity index (χ2n) is 6.85. The number of hydrogen-bond donors (Lipinski definition) is 0. The van der Waals surface area contributed by atoms with Gasteiger partial charge in [-0.2, -0.15) is 0 Å². The van der Waals surface area contributed by atoms with Gasteiger partial charge in [-0.25, -0.2) is 0 Å². The first-order valence-electron chi connectivity index (χ1n) is 10.0. The lowest BCUT2D eigenvalue weighted by molar-refractivity contribution is 0.104. The summed E-state index contributed by atoms with van der Waals surface area (Å²) in [5.74, 6) is 2.63. The molecule has 0 heterocycles. The van der Waals surface area contributed by atoms with E-state index in [1.54, 1.807) is 43.3 Å². The monoisotopic (exact) mass is 394 g/mol. The lowest BCUT2D eigenvalue weighted by atomic mass is 10.1. The maximum Gasteiger partial charge on any atom is 0.185 e. The first-order chi connectivity index (χ1) is 14.0. The highest BCUT2D eigenvalue weighted by molar-refractivity contribution is 6.07. The summed E-state index contributed by atoms with van der Waals surface area (Å²) in [6.07, 6.45) is 5.14. The molecule has 4 nitrogen and oxygen atoms in total. The first kappa shape index (κ1) is 22.3. The van der Waals surface area contributed by atoms with Gasteiger partial charge in [-0.3, -0.25) is 4.79 Å². The van der Waals surface area contributed by atoms with Crippen LogP contribution in [0.1, 0.15) is 55.1 Å². The predicted molar refractivity (Wildman–Crippen MR) is 118 cm³/mol. The number of carbonyl (C=O) groups excluding carboxylic acids is 1. The van der Waals surface area contributed by atoms with Gasteiger partial charge in [0.1, 0.15) is 17.2 Å². The molecule has 0 saturated heterocycles. The van der Waals surface area contributed by atoms with Crippen LogP contribution in [0, 0.1) is 6.92 Å². The fourth-order valence-corrected chi connectivity index (χ4v) is 2.73. The maximum atomic E-state index is 12.7. The van der Waals surface area contributed by atoms with Crippen LogP contribution in [0.4, 0.5) is 0 Å². The summed E-state index contributed by atoms with van der Waals surface area (Å²) in [4.78, 5) is 12.7. The van der Waals surface area contributed by atoms with Crippen LogP contribution in [0.15, 0.2) is 54.8 Å². The van der Waals surface area contributed by atoms with Gasteiger partial charge in [0.05, 0.1) is 24.5 Å². The second kappa shape index (κ2) is 11.1. The van der Waals surface area contributed by atoms with Crippen LogP contribution in [0.25, 0.3) is 6.08 Å². The van der Waals surface area contributed by atoms with E-state index in [-0.39, 0.29) is 5.78 Å². The zero-order chi connectivity index (χ0) is 21.2. The van der Waals surface area contributed by atoms with E-state index in [9.17, 15) is 4.79 Å². The van der Waals surface area contributed by atoms with E-state index in [4.69, 9.17) is 14.2 Å². The normalized spacial score (nSPS) is 10.8. The molecule has 0 fully saturated rings. The van der Waals surface area contributed by atoms with E-state index >= 15 is 0 Å². The Hall–Kier alpha value is -3.01. The Bertz CT molecular complexity index is 863. The number of ketones is 1. The topological polar surface area (TPSA) is 44.8 Å². The fraction of sp³-hybridized carbons (Fsp3) is 0.320. The summed E-state index contributed by atoms with van der Waals surface area (Å²) in [7, 11) is 0. The molecule has 0 saturated carbocycles. The Labute approximate surface area is 173 Å². The number of hydrogen-bond acceptors (Lipinski definition) is 4. The fourth-order valence-electron chi connectivity index (χ4n) is 2.73. The van der Waals surface area contributed by atoms with Crippen LogP contribution in [0.3, 0.4) is 0 Å². The minimum Gasteiger partial charge on any atom is -0.493 e. The third-order valence-electron chi connectivity index (χ3n) is 4.10. The van der Waals surface area contributed by atoms with Gasteiger partial charge < -0.3 is 14.2 Å². The SMILES string of the molecule is C=C(C)Oc1ccc(C(=O)C=Cc2c(OCCC)ccc(C)c2OCCC)cc1. The molecule has 2 aromatic carbocycles. The molecule has 0 aliphatic carbocycles. The number of aryl methyl sites for hydroxylation is 1. The summed E-state index contributed by atoms with van der Waals surface area (Å²) < 4.78 is 17.3. The van der Waals surface area contributed by atoms with Crippen molar-refractivity contribution in [2.45, 2.75) is 40.5 Å². The molecule has 0 aliphatic rings. The molecule has 0 spiro atoms. The average molecular weight is 395 g/mol. The van der Waals surface area contributed by atoms with Crippen LogP contribution in [0.5, 0.6) is 17.2 Å². The molecule has 0 aliphatic heterocycles. The zero-order valence-electron chi connectivity index (χ0n) is 17.8. The number of benzene rings is 2. The van der Waals surface area contributed by atoms with Gasteiger partial charge in [0.25, 0.3) is 0 Å². The van der Waals surface area contributed by atoms with Crippen LogP contribution in [-0.4, -0.2) is 19.0 Å². The summed E-state index contributed by atoms with van der Waals surface area (Å²) in [5, 5.41) is 0. The highest BCUT2D eigenvalue weighted by Gasteiger charge is 2.13. The van der Waals surface area contributed by atoms with Crippen molar-refractivity contribution >= 4 is 11.9 Å². The van der Waals surface area contributed by atoms with Crippen molar-refractivity contribution in [3.63, 3.8) is 0 Å². The lowest BCUT2D eigenvalue weighted by Gasteiger charge is -2.16. The molecule has 0 N–H and O–H groups in total. The summed E-state index contributed by atoms with van der Waals surface area (Å²) in [6, 6.07) is 10.9. The van der Waals surface area contributed by atoms with Crippen molar-refractivity contribution in [2.75, 3.05) is 13.2 Å². The largest absolute Gasteiger partial charge is 0.493 e. The van der Waals surface area contributed by atoms with Crippen molar-refractivity contribution in [1.82, 2.24) is 0 Å². The molecule has 2 rings (SSSR count). The van der Waals surface area contributed by atoms with Crippen molar-refractivity contribution in [3.05, 3.63) is 71.5 Å². The van der Waals surface area contributed by atoms with Crippen molar-refractivity contribution in [2.24, 2.45) is 0 Å². The number of allylic oxidation sites excluding steroid dienone is 2. The molecule has 0 amide bonds. The van der Waals surface area contributed by atoms with Gasteiger partial charge in [0.15, 0.2) is 5.78 Å². The Morgan fingerprint density at radius 1 is 1.00 bits per heavy atom. The second-order valence-corrected chi connectivity index (χ2v) is 6.85. The smallest absolute Gasteiger partial charge is 0.185 e. The molecule has 0 radical (unpaired) electrons. The molecular formula is C25H30O4. The van der Waals surface area contributed by atoms with Crippen LogP contribution in [0.2, 0.25) is 0 Å². The molecule has 29 heavy (non-hydrogen) atoms. The van der Waals surface area contributed by atoms with E-state index < -0.39 is 0 Å². The molecular weight excluding hydrogens is 364 g/mol. The van der Waals surface area contributed by atoms with Crippen LogP contribution < -0.4 is 14.2 Å². The lowest BCUT2D eigenvalue weighted by Crippen LogP contribution is -2.03. The highest BCUT2D eigenvalue weighted by atomic mass is 16.5. The van der Waals surface area contributed by atoms with Crippen molar-refractivity contribution < 1.29 is 19.0 Å². The summed E-state index contributed by atoms with van der Waals surface area (Å²) in [6.45, 7) is 12.8. The van der Waals surface area contributed by atoms with E-state index in [2.05, 4.69) is 20.4 Å². The molecule has 0 unspecified atom stereocenters. The average Bonchev–Trinajstić information content (AvgIpc) is 2.70. The Morgan fingerprint density at radius 3 is 2.28 bits per heavy atom. The van der Waals surface area contributed by atoms with Gasteiger partial charge in [-0.1, -0.05) is 26.5 Å². The molecule has 4 heteroatoms. The number of carbonyl (C=O) groups is 1. The Balaban J connectivity index is 2.29. The Kier molecular flexibility index (Phi) is 8.53. The Morgan fingerprint density at radius 2 is 1.66 bits per heavy atom. The summed E-state index contributed by atoms with van der Waals surface area (Å²) >= 11 is 0. The number of rotatable bonds is 11. The van der Waals surface area contributed by atoms with Gasteiger partial charge in [0, 0.05) is 5.56 Å². The quantitative estimate of drug-likeness (QED) is 0.252. The summed E-state index contributed by atoms with van der Waals surface area (Å²) in [5.41, 5.74) is 2.38. The van der Waals surface area contributed by atoms with Gasteiger partial charge in [-0.15, -0.1) is 0 Å². The molecule has 0 atom stereocenters. The minimum absolute atomic E-state index is 0.101. The van der Waals surface area contributed by atoms with Gasteiger partial charge in [0.2, 0.25) is 0 Å². The van der Waals surface area contributed by atoms with E-state index in [1.165, 1.54) is 0 Å². The highest BCUT2D eigenvalue weighted by Crippen LogP contribution is 2.34. The van der Waals surface area contributed by atoms with E-state index in [0.717, 1.165) is 35.5 Å². The van der Waals surface area contributed by atoms with Crippen LogP contribution in [-0.2, 0) is 0 Å². The zero-order valence-corrected chi connectivity index (χ0v) is 17.8. The third-order valence-corrected chi connectivity index (χ3v) is 4.10. The van der Waals surface area contributed by atoms with E-state index in [0.29, 0.717) is 30.3 Å². The standard InChI is InChI=1S/C25H30O4/c1-6-16-27-24-15-8-19(5)25(28-17-7-2)22(24)13-14-23(26)20-9-11-21(12-10-20)29-18(3)4/h8-15H,3,6-7,16-17H2,1-2,4-5H3. The number of ether oxygens (including phenoxy) is 3. The van der Waals surface area contributed by atoms with Gasteiger partial charge in [-0.05, 0) is 74.7 Å². The molecule has 0 bridgehead atoms. The molecule has 154 valence electrons. The van der Waals surface area contributed by atoms with Crippen molar-refractivity contribution in [1.29, 1.82) is 0 Å². The van der Waals surface area contributed by atoms with Gasteiger partial charge >= 0.3 is 0 Å². The molecule has 2 aromatic rings. The van der Waals surface area contributed by atoms with Crippen LogP contribution >= 0.6 is 0 Å².